The van der Waals surface area contributed by atoms with E-state index in [4.69, 9.17) is 0 Å². The number of carbonyl (C=O) groups is 2. The molecule has 0 heterocycles. The third kappa shape index (κ3) is 0.497. The number of carbonyl (C=O) groups excluding carboxylic acids is 2. The van der Waals surface area contributed by atoms with Crippen LogP contribution in [0.5, 0.6) is 0 Å². The van der Waals surface area contributed by atoms with Crippen molar-refractivity contribution in [3.05, 3.63) is 12.2 Å². The van der Waals surface area contributed by atoms with Crippen LogP contribution in [0.2, 0.25) is 0 Å². The topological polar surface area (TPSA) is 57.2 Å². The molecule has 1 saturated carbocycles. The number of carboxylic acid groups (broad SMARTS) is 1. The summed E-state index contributed by atoms with van der Waals surface area (Å²) in [5.41, 5.74) is 0. The lowest BCUT2D eigenvalue weighted by molar-refractivity contribution is -0.308. The normalized spacial score (nSPS) is 41.6. The van der Waals surface area contributed by atoms with Crippen molar-refractivity contribution in [2.45, 2.75) is 0 Å². The van der Waals surface area contributed by atoms with Crippen LogP contribution < -0.4 is 5.11 Å². The molecule has 0 bridgehead atoms. The van der Waals surface area contributed by atoms with Gasteiger partial charge in [0.15, 0.2) is 5.78 Å². The molecule has 0 N–H and O–H groups in total. The molecule has 2 rings (SSSR count). The van der Waals surface area contributed by atoms with Gasteiger partial charge in [0.05, 0.1) is 0 Å². The molecule has 1 fully saturated rings. The maximum absolute atomic E-state index is 10.8. The van der Waals surface area contributed by atoms with E-state index >= 15 is 0 Å². The van der Waals surface area contributed by atoms with Crippen LogP contribution in [0.1, 0.15) is 0 Å². The second-order valence-electron chi connectivity index (χ2n) is 2.71. The molecule has 0 saturated heterocycles. The Morgan fingerprint density at radius 1 is 1.60 bits per heavy atom. The lowest BCUT2D eigenvalue weighted by atomic mass is 10.2. The van der Waals surface area contributed by atoms with E-state index in [0.717, 1.165) is 0 Å². The van der Waals surface area contributed by atoms with Gasteiger partial charge in [-0.3, -0.25) is 4.79 Å². The van der Waals surface area contributed by atoms with Crippen molar-refractivity contribution in [1.29, 1.82) is 0 Å². The van der Waals surface area contributed by atoms with Gasteiger partial charge in [-0.25, -0.2) is 0 Å². The standard InChI is InChI=1S/C7H6O3/c8-4-2-1-3-5(4)6(3)7(9)10/h1-3,5-6H,(H,9,10)/p-1. The fraction of sp³-hybridized carbons (Fsp3) is 0.429. The summed E-state index contributed by atoms with van der Waals surface area (Å²) in [5, 5.41) is 10.2. The van der Waals surface area contributed by atoms with Gasteiger partial charge in [-0.1, -0.05) is 6.08 Å². The van der Waals surface area contributed by atoms with Crippen LogP contribution >= 0.6 is 0 Å². The van der Waals surface area contributed by atoms with Gasteiger partial charge < -0.3 is 9.90 Å². The predicted octanol–water partition coefficient (Wildman–Crippen LogP) is -1.26. The monoisotopic (exact) mass is 137 g/mol. The SMILES string of the molecule is O=C([O-])C1C2C=CC(=O)C21. The van der Waals surface area contributed by atoms with Crippen LogP contribution in [0.25, 0.3) is 0 Å². The van der Waals surface area contributed by atoms with Crippen molar-refractivity contribution in [2.75, 3.05) is 0 Å². The van der Waals surface area contributed by atoms with Crippen LogP contribution in [-0.2, 0) is 9.59 Å². The Labute approximate surface area is 57.3 Å². The van der Waals surface area contributed by atoms with E-state index in [2.05, 4.69) is 0 Å². The first-order chi connectivity index (χ1) is 4.72. The van der Waals surface area contributed by atoms with Gasteiger partial charge in [0.1, 0.15) is 0 Å². The molecule has 0 aliphatic heterocycles. The average Bonchev–Trinajstić information content (AvgIpc) is 2.48. The zero-order valence-corrected chi connectivity index (χ0v) is 5.11. The highest BCUT2D eigenvalue weighted by Gasteiger charge is 2.55. The first-order valence-electron chi connectivity index (χ1n) is 3.15. The van der Waals surface area contributed by atoms with Gasteiger partial charge in [0.25, 0.3) is 0 Å². The first kappa shape index (κ1) is 5.65. The predicted molar refractivity (Wildman–Crippen MR) is 29.6 cm³/mol. The van der Waals surface area contributed by atoms with Gasteiger partial charge in [-0.15, -0.1) is 0 Å². The summed E-state index contributed by atoms with van der Waals surface area (Å²) >= 11 is 0. The van der Waals surface area contributed by atoms with Gasteiger partial charge in [-0.2, -0.15) is 0 Å². The van der Waals surface area contributed by atoms with Crippen LogP contribution in [-0.4, -0.2) is 11.8 Å². The van der Waals surface area contributed by atoms with Crippen LogP contribution in [0.15, 0.2) is 12.2 Å². The van der Waals surface area contributed by atoms with E-state index in [1.54, 1.807) is 6.08 Å². The van der Waals surface area contributed by atoms with Crippen LogP contribution in [0.4, 0.5) is 0 Å². The molecule has 0 amide bonds. The molecule has 3 heteroatoms. The minimum absolute atomic E-state index is 0.0440. The number of aliphatic carboxylic acids is 1. The van der Waals surface area contributed by atoms with Crippen molar-refractivity contribution in [3.63, 3.8) is 0 Å². The number of rotatable bonds is 1. The van der Waals surface area contributed by atoms with Crippen molar-refractivity contribution in [3.8, 4) is 0 Å². The van der Waals surface area contributed by atoms with Gasteiger partial charge in [0.2, 0.25) is 0 Å². The number of carboxylic acids is 1. The Morgan fingerprint density at radius 3 is 2.60 bits per heavy atom. The van der Waals surface area contributed by atoms with E-state index < -0.39 is 11.9 Å². The molecule has 10 heavy (non-hydrogen) atoms. The Balaban J connectivity index is 2.19. The van der Waals surface area contributed by atoms with Crippen LogP contribution in [0.3, 0.4) is 0 Å². The highest BCUT2D eigenvalue weighted by atomic mass is 16.4. The molecule has 0 aromatic carbocycles. The minimum atomic E-state index is -1.09. The van der Waals surface area contributed by atoms with Crippen LogP contribution in [0, 0.1) is 17.8 Å². The smallest absolute Gasteiger partial charge is 0.159 e. The molecule has 2 aliphatic rings. The van der Waals surface area contributed by atoms with E-state index in [0.29, 0.717) is 0 Å². The van der Waals surface area contributed by atoms with Crippen molar-refractivity contribution in [2.24, 2.45) is 17.8 Å². The summed E-state index contributed by atoms with van der Waals surface area (Å²) in [6, 6.07) is 0. The summed E-state index contributed by atoms with van der Waals surface area (Å²) < 4.78 is 0. The third-order valence-electron chi connectivity index (χ3n) is 2.16. The number of allylic oxidation sites excluding steroid dienone is 2. The molecule has 0 aromatic heterocycles. The van der Waals surface area contributed by atoms with E-state index in [1.165, 1.54) is 6.08 Å². The maximum Gasteiger partial charge on any atom is 0.159 e. The Hall–Kier alpha value is -1.12. The lowest BCUT2D eigenvalue weighted by Crippen LogP contribution is -2.26. The van der Waals surface area contributed by atoms with Crippen molar-refractivity contribution < 1.29 is 14.7 Å². The van der Waals surface area contributed by atoms with E-state index in [-0.39, 0.29) is 17.6 Å². The first-order valence-corrected chi connectivity index (χ1v) is 3.15. The fourth-order valence-electron chi connectivity index (χ4n) is 1.56. The molecule has 0 radical (unpaired) electrons. The molecular formula is C7H5O3-. The number of ketones is 1. The average molecular weight is 137 g/mol. The highest BCUT2D eigenvalue weighted by Crippen LogP contribution is 2.51. The molecule has 3 atom stereocenters. The summed E-state index contributed by atoms with van der Waals surface area (Å²) in [5.74, 6) is -1.98. The molecule has 0 spiro atoms. The number of fused-ring (bicyclic) bond motifs is 1. The van der Waals surface area contributed by atoms with Gasteiger partial charge >= 0.3 is 0 Å². The van der Waals surface area contributed by atoms with E-state index in [9.17, 15) is 14.7 Å². The molecular weight excluding hydrogens is 132 g/mol. The summed E-state index contributed by atoms with van der Waals surface area (Å²) in [6.07, 6.45) is 3.11. The Morgan fingerprint density at radius 2 is 2.30 bits per heavy atom. The molecule has 3 unspecified atom stereocenters. The maximum atomic E-state index is 10.8. The van der Waals surface area contributed by atoms with Crippen molar-refractivity contribution >= 4 is 11.8 Å². The minimum Gasteiger partial charge on any atom is -0.550 e. The summed E-state index contributed by atoms with van der Waals surface area (Å²) in [4.78, 5) is 21.0. The molecule has 0 aromatic rings. The zero-order valence-electron chi connectivity index (χ0n) is 5.11. The Bertz CT molecular complexity index is 241. The second-order valence-corrected chi connectivity index (χ2v) is 2.71. The lowest BCUT2D eigenvalue weighted by Gasteiger charge is -1.97. The summed E-state index contributed by atoms with van der Waals surface area (Å²) in [6.45, 7) is 0. The van der Waals surface area contributed by atoms with Crippen molar-refractivity contribution in [1.82, 2.24) is 0 Å². The molecule has 3 nitrogen and oxygen atoms in total. The van der Waals surface area contributed by atoms with E-state index in [1.807, 2.05) is 0 Å². The number of hydrogen-bond donors (Lipinski definition) is 0. The quantitative estimate of drug-likeness (QED) is 0.453. The largest absolute Gasteiger partial charge is 0.550 e. The second kappa shape index (κ2) is 1.48. The fourth-order valence-corrected chi connectivity index (χ4v) is 1.56. The molecule has 2 aliphatic carbocycles. The zero-order chi connectivity index (χ0) is 7.30. The Kier molecular flexibility index (Phi) is 0.836. The third-order valence-corrected chi connectivity index (χ3v) is 2.16. The summed E-state index contributed by atoms with van der Waals surface area (Å²) in [7, 11) is 0. The molecule has 52 valence electrons. The van der Waals surface area contributed by atoms with Gasteiger partial charge in [0, 0.05) is 17.8 Å². The highest BCUT2D eigenvalue weighted by molar-refractivity contribution is 6.02. The van der Waals surface area contributed by atoms with Gasteiger partial charge in [-0.05, 0) is 12.0 Å². The number of hydrogen-bond acceptors (Lipinski definition) is 3.